The van der Waals surface area contributed by atoms with E-state index in [1.165, 1.54) is 12.8 Å². The maximum absolute atomic E-state index is 4.48. The molecule has 6 atom stereocenters. The van der Waals surface area contributed by atoms with Crippen LogP contribution in [0.15, 0.2) is 4.99 Å². The van der Waals surface area contributed by atoms with Gasteiger partial charge in [-0.2, -0.15) is 0 Å². The summed E-state index contributed by atoms with van der Waals surface area (Å²) in [5, 5.41) is 0. The van der Waals surface area contributed by atoms with E-state index in [9.17, 15) is 0 Å². The van der Waals surface area contributed by atoms with Gasteiger partial charge in [0.05, 0.1) is 6.04 Å². The van der Waals surface area contributed by atoms with E-state index in [1.54, 1.807) is 0 Å². The number of nitrogens with zero attached hydrogens (tertiary/aromatic N) is 1. The van der Waals surface area contributed by atoms with Crippen LogP contribution in [-0.4, -0.2) is 12.3 Å². The van der Waals surface area contributed by atoms with Crippen molar-refractivity contribution >= 4 is 6.21 Å². The summed E-state index contributed by atoms with van der Waals surface area (Å²) in [5.74, 6) is 4.60. The monoisotopic (exact) mass is 247 g/mol. The summed E-state index contributed by atoms with van der Waals surface area (Å²) in [5.41, 5.74) is 0.914. The minimum absolute atomic E-state index is 0.449. The Kier molecular flexibility index (Phi) is 2.55. The third-order valence-corrected chi connectivity index (χ3v) is 5.82. The van der Waals surface area contributed by atoms with Gasteiger partial charge >= 0.3 is 0 Å². The minimum atomic E-state index is 0.449. The highest BCUT2D eigenvalue weighted by Crippen LogP contribution is 2.65. The van der Waals surface area contributed by atoms with Crippen molar-refractivity contribution < 1.29 is 0 Å². The number of aliphatic imine (C=N–C) groups is 1. The molecule has 2 fully saturated rings. The van der Waals surface area contributed by atoms with Gasteiger partial charge in [0.25, 0.3) is 0 Å². The van der Waals surface area contributed by atoms with Crippen molar-refractivity contribution in [1.82, 2.24) is 0 Å². The van der Waals surface area contributed by atoms with Crippen molar-refractivity contribution in [2.24, 2.45) is 45.4 Å². The van der Waals surface area contributed by atoms with Gasteiger partial charge in [-0.25, -0.2) is 0 Å². The van der Waals surface area contributed by atoms with E-state index in [2.05, 4.69) is 52.7 Å². The van der Waals surface area contributed by atoms with Crippen LogP contribution in [0.2, 0.25) is 0 Å². The molecule has 1 nitrogen and oxygen atoms in total. The predicted molar refractivity (Wildman–Crippen MR) is 77.9 cm³/mol. The summed E-state index contributed by atoms with van der Waals surface area (Å²) in [6.45, 7) is 14.8. The Morgan fingerprint density at radius 1 is 0.833 bits per heavy atom. The molecule has 1 heterocycles. The lowest BCUT2D eigenvalue weighted by Gasteiger charge is -2.48. The molecular formula is C17H29N. The molecule has 102 valence electrons. The fourth-order valence-corrected chi connectivity index (χ4v) is 5.50. The minimum Gasteiger partial charge on any atom is -0.286 e. The molecule has 0 aromatic heterocycles. The molecule has 18 heavy (non-hydrogen) atoms. The molecule has 6 unspecified atom stereocenters. The van der Waals surface area contributed by atoms with Gasteiger partial charge in [-0.3, -0.25) is 4.99 Å². The SMILES string of the molecule is CC(C)(C)C1C2CC(C3C=N3)C(C2)C1C(C)(C)C. The average molecular weight is 247 g/mol. The van der Waals surface area contributed by atoms with Crippen LogP contribution in [0.4, 0.5) is 0 Å². The maximum Gasteiger partial charge on any atom is 0.0874 e. The van der Waals surface area contributed by atoms with Gasteiger partial charge < -0.3 is 0 Å². The molecule has 0 amide bonds. The van der Waals surface area contributed by atoms with Crippen LogP contribution < -0.4 is 0 Å². The Morgan fingerprint density at radius 3 is 1.78 bits per heavy atom. The zero-order valence-electron chi connectivity index (χ0n) is 12.9. The molecule has 1 heteroatoms. The molecule has 1 aliphatic heterocycles. The van der Waals surface area contributed by atoms with Gasteiger partial charge in [-0.15, -0.1) is 0 Å². The fourth-order valence-electron chi connectivity index (χ4n) is 5.50. The molecule has 2 aliphatic carbocycles. The molecule has 0 radical (unpaired) electrons. The van der Waals surface area contributed by atoms with E-state index < -0.39 is 0 Å². The van der Waals surface area contributed by atoms with Gasteiger partial charge in [0.15, 0.2) is 0 Å². The molecule has 2 saturated carbocycles. The molecule has 3 aliphatic rings. The predicted octanol–water partition coefficient (Wildman–Crippen LogP) is 4.42. The second-order valence-corrected chi connectivity index (χ2v) is 9.13. The van der Waals surface area contributed by atoms with Crippen molar-refractivity contribution in [3.05, 3.63) is 0 Å². The first-order valence-corrected chi connectivity index (χ1v) is 7.73. The summed E-state index contributed by atoms with van der Waals surface area (Å²) in [6, 6.07) is 0.630. The zero-order chi connectivity index (χ0) is 13.3. The van der Waals surface area contributed by atoms with E-state index in [1.807, 2.05) is 0 Å². The molecule has 2 bridgehead atoms. The first-order valence-electron chi connectivity index (χ1n) is 7.73. The second-order valence-electron chi connectivity index (χ2n) is 9.13. The van der Waals surface area contributed by atoms with Crippen molar-refractivity contribution in [2.45, 2.75) is 60.4 Å². The van der Waals surface area contributed by atoms with E-state index in [-0.39, 0.29) is 0 Å². The second kappa shape index (κ2) is 3.61. The lowest BCUT2D eigenvalue weighted by atomic mass is 9.56. The maximum atomic E-state index is 4.48. The molecule has 0 aromatic rings. The standard InChI is InChI=1S/C17H29N/c1-16(2,3)14-10-7-11(13-9-18-13)12(8-10)15(14)17(4,5)6/h9-15H,7-8H2,1-6H3. The number of hydrogen-bond acceptors (Lipinski definition) is 1. The smallest absolute Gasteiger partial charge is 0.0874 e. The number of hydrogen-bond donors (Lipinski definition) is 0. The number of fused-ring (bicyclic) bond motifs is 2. The van der Waals surface area contributed by atoms with Crippen molar-refractivity contribution in [1.29, 1.82) is 0 Å². The van der Waals surface area contributed by atoms with E-state index >= 15 is 0 Å². The van der Waals surface area contributed by atoms with Gasteiger partial charge in [0.1, 0.15) is 0 Å². The summed E-state index contributed by atoms with van der Waals surface area (Å²) in [6.07, 6.45) is 5.12. The van der Waals surface area contributed by atoms with Crippen molar-refractivity contribution in [2.75, 3.05) is 0 Å². The molecule has 0 N–H and O–H groups in total. The van der Waals surface area contributed by atoms with Crippen LogP contribution in [-0.2, 0) is 0 Å². The van der Waals surface area contributed by atoms with Gasteiger partial charge in [-0.1, -0.05) is 41.5 Å². The van der Waals surface area contributed by atoms with Crippen molar-refractivity contribution in [3.63, 3.8) is 0 Å². The average Bonchev–Trinajstić information content (AvgIpc) is 2.84. The van der Waals surface area contributed by atoms with E-state index in [0.29, 0.717) is 16.9 Å². The van der Waals surface area contributed by atoms with E-state index in [4.69, 9.17) is 0 Å². The van der Waals surface area contributed by atoms with Crippen LogP contribution >= 0.6 is 0 Å². The highest BCUT2D eigenvalue weighted by atomic mass is 14.9. The van der Waals surface area contributed by atoms with Crippen LogP contribution in [0.3, 0.4) is 0 Å². The Morgan fingerprint density at radius 2 is 1.33 bits per heavy atom. The van der Waals surface area contributed by atoms with Crippen LogP contribution in [0, 0.1) is 40.4 Å². The van der Waals surface area contributed by atoms with Crippen LogP contribution in [0.5, 0.6) is 0 Å². The molecule has 0 aromatic carbocycles. The highest BCUT2D eigenvalue weighted by molar-refractivity contribution is 5.78. The summed E-state index contributed by atoms with van der Waals surface area (Å²) in [4.78, 5) is 4.48. The van der Waals surface area contributed by atoms with Crippen molar-refractivity contribution in [3.8, 4) is 0 Å². The van der Waals surface area contributed by atoms with E-state index in [0.717, 1.165) is 29.6 Å². The summed E-state index contributed by atoms with van der Waals surface area (Å²) < 4.78 is 0. The quantitative estimate of drug-likeness (QED) is 0.650. The fraction of sp³-hybridized carbons (Fsp3) is 0.941. The molecule has 0 saturated heterocycles. The first kappa shape index (κ1) is 12.7. The Bertz CT molecular complexity index is 362. The molecule has 3 rings (SSSR count). The lowest BCUT2D eigenvalue weighted by Crippen LogP contribution is -2.43. The van der Waals surface area contributed by atoms with Gasteiger partial charge in [-0.05, 0) is 53.3 Å². The Hall–Kier alpha value is -0.330. The Balaban J connectivity index is 1.90. The topological polar surface area (TPSA) is 12.4 Å². The van der Waals surface area contributed by atoms with Crippen LogP contribution in [0.1, 0.15) is 54.4 Å². The third-order valence-electron chi connectivity index (χ3n) is 5.82. The van der Waals surface area contributed by atoms with Gasteiger partial charge in [0, 0.05) is 6.21 Å². The molecular weight excluding hydrogens is 218 g/mol. The summed E-state index contributed by atoms with van der Waals surface area (Å²) in [7, 11) is 0. The first-order chi connectivity index (χ1) is 8.19. The zero-order valence-corrected chi connectivity index (χ0v) is 12.9. The lowest BCUT2D eigenvalue weighted by molar-refractivity contribution is 0.00206. The largest absolute Gasteiger partial charge is 0.286 e. The summed E-state index contributed by atoms with van der Waals surface area (Å²) >= 11 is 0. The number of rotatable bonds is 1. The highest BCUT2D eigenvalue weighted by Gasteiger charge is 2.60. The molecule has 0 spiro atoms. The van der Waals surface area contributed by atoms with Gasteiger partial charge in [0.2, 0.25) is 0 Å². The normalized spacial score (nSPS) is 46.8. The Labute approximate surface area is 112 Å². The third kappa shape index (κ3) is 1.85. The van der Waals surface area contributed by atoms with Crippen LogP contribution in [0.25, 0.3) is 0 Å².